The molecule has 0 saturated carbocycles. The van der Waals surface area contributed by atoms with Gasteiger partial charge in [-0.05, 0) is 24.3 Å². The second-order valence-electron chi connectivity index (χ2n) is 3.34. The Morgan fingerprint density at radius 3 is 2.18 bits per heavy atom. The fourth-order valence-electron chi connectivity index (χ4n) is 1.29. The molecule has 3 heteroatoms. The summed E-state index contributed by atoms with van der Waals surface area (Å²) in [7, 11) is 0. The summed E-state index contributed by atoms with van der Waals surface area (Å²) in [5, 5.41) is 0. The van der Waals surface area contributed by atoms with Gasteiger partial charge in [-0.25, -0.2) is 9.79 Å². The lowest BCUT2D eigenvalue weighted by atomic mass is 10.2. The van der Waals surface area contributed by atoms with Gasteiger partial charge in [0.2, 0.25) is 0 Å². The molecule has 0 spiro atoms. The van der Waals surface area contributed by atoms with Gasteiger partial charge in [0.05, 0.1) is 11.3 Å². The van der Waals surface area contributed by atoms with E-state index in [-0.39, 0.29) is 0 Å². The molecule has 0 aliphatic rings. The van der Waals surface area contributed by atoms with Crippen LogP contribution >= 0.6 is 0 Å². The van der Waals surface area contributed by atoms with Gasteiger partial charge in [-0.3, -0.25) is 0 Å². The Balaban J connectivity index is 1.95. The first-order valence-corrected chi connectivity index (χ1v) is 5.20. The van der Waals surface area contributed by atoms with Crippen LogP contribution in [-0.2, 0) is 4.74 Å². The maximum Gasteiger partial charge on any atom is 0.344 e. The Morgan fingerprint density at radius 2 is 1.53 bits per heavy atom. The number of carbonyl (C=O) groups excluding carboxylic acids is 1. The van der Waals surface area contributed by atoms with Gasteiger partial charge in [-0.15, -0.1) is 0 Å². The lowest BCUT2D eigenvalue weighted by molar-refractivity contribution is 0.0728. The molecule has 2 aromatic rings. The van der Waals surface area contributed by atoms with E-state index in [9.17, 15) is 4.79 Å². The van der Waals surface area contributed by atoms with E-state index in [4.69, 9.17) is 4.74 Å². The summed E-state index contributed by atoms with van der Waals surface area (Å²) < 4.78 is 4.90. The number of hydrogen-bond acceptors (Lipinski definition) is 3. The average molecular weight is 225 g/mol. The maximum atomic E-state index is 11.5. The first-order valence-electron chi connectivity index (χ1n) is 5.20. The molecule has 0 aromatic heterocycles. The standard InChI is InChI=1S/C14H11NO2/c16-14(12-7-3-1-4-8-12)17-11-15-13-9-5-2-6-10-13/h1-11H/b15-11+. The molecule has 0 radical (unpaired) electrons. The van der Waals surface area contributed by atoms with Crippen molar-refractivity contribution in [1.29, 1.82) is 0 Å². The number of carbonyl (C=O) groups is 1. The highest BCUT2D eigenvalue weighted by Gasteiger charge is 2.03. The van der Waals surface area contributed by atoms with E-state index in [2.05, 4.69) is 4.99 Å². The second-order valence-corrected chi connectivity index (χ2v) is 3.34. The van der Waals surface area contributed by atoms with E-state index in [0.29, 0.717) is 5.56 Å². The van der Waals surface area contributed by atoms with Crippen molar-refractivity contribution in [3.8, 4) is 0 Å². The van der Waals surface area contributed by atoms with Crippen molar-refractivity contribution < 1.29 is 9.53 Å². The average Bonchev–Trinajstić information content (AvgIpc) is 2.41. The fraction of sp³-hybridized carbons (Fsp3) is 0. The molecule has 0 atom stereocenters. The molecule has 2 rings (SSSR count). The van der Waals surface area contributed by atoms with Gasteiger partial charge in [0.25, 0.3) is 0 Å². The third kappa shape index (κ3) is 3.28. The van der Waals surface area contributed by atoms with E-state index in [0.717, 1.165) is 12.1 Å². The van der Waals surface area contributed by atoms with Gasteiger partial charge in [0.1, 0.15) is 0 Å². The summed E-state index contributed by atoms with van der Waals surface area (Å²) in [4.78, 5) is 15.5. The molecule has 0 aliphatic heterocycles. The number of benzene rings is 2. The first-order chi connectivity index (χ1) is 8.36. The normalized spacial score (nSPS) is 10.4. The summed E-state index contributed by atoms with van der Waals surface area (Å²) >= 11 is 0. The van der Waals surface area contributed by atoms with Gasteiger partial charge < -0.3 is 4.74 Å². The highest BCUT2D eigenvalue weighted by molar-refractivity contribution is 5.93. The zero-order valence-corrected chi connectivity index (χ0v) is 9.11. The molecular formula is C14H11NO2. The van der Waals surface area contributed by atoms with Crippen molar-refractivity contribution in [3.63, 3.8) is 0 Å². The van der Waals surface area contributed by atoms with Crippen molar-refractivity contribution >= 4 is 18.1 Å². The summed E-state index contributed by atoms with van der Waals surface area (Å²) in [5.41, 5.74) is 1.25. The third-order valence-corrected chi connectivity index (χ3v) is 2.13. The Kier molecular flexibility index (Phi) is 3.65. The monoisotopic (exact) mass is 225 g/mol. The molecule has 3 nitrogen and oxygen atoms in total. The molecule has 0 amide bonds. The van der Waals surface area contributed by atoms with Crippen LogP contribution in [-0.4, -0.2) is 12.4 Å². The predicted octanol–water partition coefficient (Wildman–Crippen LogP) is 3.20. The minimum atomic E-state index is -0.412. The van der Waals surface area contributed by atoms with Gasteiger partial charge >= 0.3 is 5.97 Å². The number of nitrogens with zero attached hydrogens (tertiary/aromatic N) is 1. The number of para-hydroxylation sites is 1. The highest BCUT2D eigenvalue weighted by Crippen LogP contribution is 2.08. The van der Waals surface area contributed by atoms with E-state index in [1.807, 2.05) is 36.4 Å². The SMILES string of the molecule is O=C(O/C=N/c1ccccc1)c1ccccc1. The van der Waals surface area contributed by atoms with E-state index in [1.165, 1.54) is 0 Å². The largest absolute Gasteiger partial charge is 0.411 e. The molecule has 0 N–H and O–H groups in total. The minimum Gasteiger partial charge on any atom is -0.411 e. The van der Waals surface area contributed by atoms with Crippen molar-refractivity contribution in [2.24, 2.45) is 4.99 Å². The summed E-state index contributed by atoms with van der Waals surface area (Å²) in [6.07, 6.45) is 1.16. The molecule has 0 saturated heterocycles. The fourth-order valence-corrected chi connectivity index (χ4v) is 1.29. The van der Waals surface area contributed by atoms with E-state index in [1.54, 1.807) is 24.3 Å². The Labute approximate surface area is 99.4 Å². The summed E-state index contributed by atoms with van der Waals surface area (Å²) in [5.74, 6) is -0.412. The van der Waals surface area contributed by atoms with Gasteiger partial charge in [-0.1, -0.05) is 36.4 Å². The van der Waals surface area contributed by atoms with Gasteiger partial charge in [-0.2, -0.15) is 0 Å². The molecule has 0 heterocycles. The number of aliphatic imine (C=N–C) groups is 1. The Bertz CT molecular complexity index is 506. The van der Waals surface area contributed by atoms with Crippen LogP contribution in [0.2, 0.25) is 0 Å². The quantitative estimate of drug-likeness (QED) is 0.457. The molecule has 0 fully saturated rings. The molecule has 0 unspecified atom stereocenters. The maximum absolute atomic E-state index is 11.5. The van der Waals surface area contributed by atoms with Crippen LogP contribution in [0.15, 0.2) is 65.7 Å². The van der Waals surface area contributed by atoms with Crippen molar-refractivity contribution in [1.82, 2.24) is 0 Å². The highest BCUT2D eigenvalue weighted by atomic mass is 16.5. The Hall–Kier alpha value is -2.42. The van der Waals surface area contributed by atoms with Crippen LogP contribution in [0.4, 0.5) is 5.69 Å². The smallest absolute Gasteiger partial charge is 0.344 e. The molecule has 84 valence electrons. The van der Waals surface area contributed by atoms with Gasteiger partial charge in [0.15, 0.2) is 6.40 Å². The molecule has 0 bridgehead atoms. The zero-order valence-electron chi connectivity index (χ0n) is 9.11. The summed E-state index contributed by atoms with van der Waals surface area (Å²) in [6, 6.07) is 18.1. The van der Waals surface area contributed by atoms with Crippen molar-refractivity contribution in [3.05, 3.63) is 66.2 Å². The number of esters is 1. The number of hydrogen-bond donors (Lipinski definition) is 0. The molecule has 2 aromatic carbocycles. The number of ether oxygens (including phenoxy) is 1. The van der Waals surface area contributed by atoms with E-state index < -0.39 is 5.97 Å². The summed E-state index contributed by atoms with van der Waals surface area (Å²) in [6.45, 7) is 0. The Morgan fingerprint density at radius 1 is 0.941 bits per heavy atom. The molecule has 0 aliphatic carbocycles. The van der Waals surface area contributed by atoms with E-state index >= 15 is 0 Å². The lowest BCUT2D eigenvalue weighted by Gasteiger charge is -1.97. The van der Waals surface area contributed by atoms with Crippen LogP contribution in [0.3, 0.4) is 0 Å². The van der Waals surface area contributed by atoms with Crippen LogP contribution < -0.4 is 0 Å². The lowest BCUT2D eigenvalue weighted by Crippen LogP contribution is -2.02. The van der Waals surface area contributed by atoms with Gasteiger partial charge in [0, 0.05) is 0 Å². The van der Waals surface area contributed by atoms with Crippen molar-refractivity contribution in [2.45, 2.75) is 0 Å². The molecule has 17 heavy (non-hydrogen) atoms. The van der Waals surface area contributed by atoms with Crippen LogP contribution in [0.25, 0.3) is 0 Å². The molecular weight excluding hydrogens is 214 g/mol. The van der Waals surface area contributed by atoms with Crippen LogP contribution in [0, 0.1) is 0 Å². The third-order valence-electron chi connectivity index (χ3n) is 2.13. The topological polar surface area (TPSA) is 38.7 Å². The number of rotatable bonds is 3. The van der Waals surface area contributed by atoms with Crippen LogP contribution in [0.5, 0.6) is 0 Å². The van der Waals surface area contributed by atoms with Crippen LogP contribution in [0.1, 0.15) is 10.4 Å². The first kappa shape index (κ1) is 11.1. The second kappa shape index (κ2) is 5.61. The predicted molar refractivity (Wildman–Crippen MR) is 66.5 cm³/mol. The minimum absolute atomic E-state index is 0.412. The van der Waals surface area contributed by atoms with Crippen molar-refractivity contribution in [2.75, 3.05) is 0 Å². The zero-order chi connectivity index (χ0) is 11.9.